The van der Waals surface area contributed by atoms with Gasteiger partial charge in [0.1, 0.15) is 0 Å². The Balaban J connectivity index is 1.62. The number of hydrazine groups is 1. The van der Waals surface area contributed by atoms with Crippen molar-refractivity contribution in [3.05, 3.63) is 71.8 Å². The number of nitrogens with one attached hydrogen (secondary N) is 3. The number of nitrogens with zero attached hydrogens (tertiary/aromatic N) is 1. The van der Waals surface area contributed by atoms with Crippen molar-refractivity contribution in [2.75, 3.05) is 0 Å². The summed E-state index contributed by atoms with van der Waals surface area (Å²) in [5.41, 5.74) is 4.22. The van der Waals surface area contributed by atoms with Crippen LogP contribution in [0.1, 0.15) is 61.3 Å². The van der Waals surface area contributed by atoms with Crippen molar-refractivity contribution in [3.8, 4) is 0 Å². The third-order valence-corrected chi connectivity index (χ3v) is 5.79. The minimum atomic E-state index is -0.960. The van der Waals surface area contributed by atoms with Crippen LogP contribution < -0.4 is 16.2 Å². The first kappa shape index (κ1) is 24.0. The lowest BCUT2D eigenvalue weighted by Gasteiger charge is -2.55. The summed E-state index contributed by atoms with van der Waals surface area (Å²) in [5.74, 6) is -2.40. The molecule has 0 aliphatic carbocycles. The van der Waals surface area contributed by atoms with Crippen LogP contribution >= 0.6 is 0 Å². The van der Waals surface area contributed by atoms with Crippen LogP contribution in [-0.4, -0.2) is 45.6 Å². The Bertz CT molecular complexity index is 1020. The smallest absolute Gasteiger partial charge is 0.327 e. The molecule has 1 fully saturated rings. The summed E-state index contributed by atoms with van der Waals surface area (Å²) >= 11 is 0. The summed E-state index contributed by atoms with van der Waals surface area (Å²) in [6.45, 7) is 7.81. The molecule has 0 saturated carbocycles. The fraction of sp³-hybridized carbons (Fsp3) is 0.360. The molecular formula is C25H30N4O4. The number of hydrogen-bond acceptors (Lipinski definition) is 4. The van der Waals surface area contributed by atoms with Crippen LogP contribution in [0.5, 0.6) is 0 Å². The first-order chi connectivity index (χ1) is 15.5. The number of rotatable bonds is 3. The van der Waals surface area contributed by atoms with Gasteiger partial charge >= 0.3 is 11.8 Å². The summed E-state index contributed by atoms with van der Waals surface area (Å²) in [6.07, 6.45) is 0.953. The zero-order valence-electron chi connectivity index (χ0n) is 19.3. The lowest BCUT2D eigenvalue weighted by atomic mass is 9.76. The highest BCUT2D eigenvalue weighted by Crippen LogP contribution is 2.39. The SMILES string of the molecule is CC1(C)CC(NC(=O)C(=O)NNC(=O)c2ccccc2)CC(C)(C)N1C(=O)c1ccccc1. The minimum Gasteiger partial charge on any atom is -0.345 e. The van der Waals surface area contributed by atoms with Crippen molar-refractivity contribution in [1.29, 1.82) is 0 Å². The third-order valence-electron chi connectivity index (χ3n) is 5.79. The largest absolute Gasteiger partial charge is 0.345 e. The van der Waals surface area contributed by atoms with Crippen LogP contribution in [0.2, 0.25) is 0 Å². The molecule has 1 heterocycles. The topological polar surface area (TPSA) is 108 Å². The molecule has 0 atom stereocenters. The molecule has 8 heteroatoms. The number of carbonyl (C=O) groups is 4. The molecule has 4 amide bonds. The molecule has 8 nitrogen and oxygen atoms in total. The van der Waals surface area contributed by atoms with Crippen molar-refractivity contribution in [1.82, 2.24) is 21.1 Å². The van der Waals surface area contributed by atoms with Crippen LogP contribution in [-0.2, 0) is 9.59 Å². The van der Waals surface area contributed by atoms with E-state index >= 15 is 0 Å². The van der Waals surface area contributed by atoms with Gasteiger partial charge in [0, 0.05) is 28.2 Å². The highest BCUT2D eigenvalue weighted by atomic mass is 16.2. The molecule has 1 aliphatic rings. The molecule has 3 rings (SSSR count). The number of benzene rings is 2. The van der Waals surface area contributed by atoms with Gasteiger partial charge in [0.05, 0.1) is 0 Å². The van der Waals surface area contributed by atoms with Crippen molar-refractivity contribution < 1.29 is 19.2 Å². The van der Waals surface area contributed by atoms with E-state index in [1.165, 1.54) is 0 Å². The van der Waals surface area contributed by atoms with E-state index in [0.29, 0.717) is 24.0 Å². The van der Waals surface area contributed by atoms with Crippen LogP contribution in [0.25, 0.3) is 0 Å². The summed E-state index contributed by atoms with van der Waals surface area (Å²) < 4.78 is 0. The average molecular weight is 451 g/mol. The first-order valence-corrected chi connectivity index (χ1v) is 10.9. The molecule has 33 heavy (non-hydrogen) atoms. The van der Waals surface area contributed by atoms with Crippen LogP contribution in [0, 0.1) is 0 Å². The predicted molar refractivity (Wildman–Crippen MR) is 124 cm³/mol. The lowest BCUT2D eigenvalue weighted by molar-refractivity contribution is -0.140. The highest BCUT2D eigenvalue weighted by molar-refractivity contribution is 6.35. The summed E-state index contributed by atoms with van der Waals surface area (Å²) in [7, 11) is 0. The zero-order valence-corrected chi connectivity index (χ0v) is 19.3. The monoisotopic (exact) mass is 450 g/mol. The Morgan fingerprint density at radius 3 is 1.73 bits per heavy atom. The number of carbonyl (C=O) groups excluding carboxylic acids is 4. The van der Waals surface area contributed by atoms with Crippen LogP contribution in [0.15, 0.2) is 60.7 Å². The van der Waals surface area contributed by atoms with E-state index in [0.717, 1.165) is 0 Å². The average Bonchev–Trinajstić information content (AvgIpc) is 2.76. The van der Waals surface area contributed by atoms with E-state index in [-0.39, 0.29) is 11.9 Å². The normalized spacial score (nSPS) is 17.0. The van der Waals surface area contributed by atoms with Gasteiger partial charge in [0.25, 0.3) is 11.8 Å². The van der Waals surface area contributed by atoms with Crippen molar-refractivity contribution in [3.63, 3.8) is 0 Å². The Labute approximate surface area is 193 Å². The van der Waals surface area contributed by atoms with E-state index in [9.17, 15) is 19.2 Å². The summed E-state index contributed by atoms with van der Waals surface area (Å²) in [4.78, 5) is 51.9. The Morgan fingerprint density at radius 1 is 0.727 bits per heavy atom. The predicted octanol–water partition coefficient (Wildman–Crippen LogP) is 2.43. The molecule has 0 radical (unpaired) electrons. The first-order valence-electron chi connectivity index (χ1n) is 10.9. The van der Waals surface area contributed by atoms with Gasteiger partial charge in [-0.15, -0.1) is 0 Å². The number of amides is 4. The van der Waals surface area contributed by atoms with Gasteiger partial charge in [0.2, 0.25) is 0 Å². The molecular weight excluding hydrogens is 420 g/mol. The number of piperidine rings is 1. The summed E-state index contributed by atoms with van der Waals surface area (Å²) in [5, 5.41) is 2.75. The Kier molecular flexibility index (Phi) is 6.86. The van der Waals surface area contributed by atoms with E-state index in [2.05, 4.69) is 16.2 Å². The number of likely N-dealkylation sites (tertiary alicyclic amines) is 1. The Hall–Kier alpha value is -3.68. The molecule has 174 valence electrons. The number of hydrogen-bond donors (Lipinski definition) is 3. The maximum absolute atomic E-state index is 13.3. The molecule has 1 aliphatic heterocycles. The molecule has 0 bridgehead atoms. The summed E-state index contributed by atoms with van der Waals surface area (Å²) in [6, 6.07) is 17.1. The molecule has 0 unspecified atom stereocenters. The van der Waals surface area contributed by atoms with Gasteiger partial charge in [-0.1, -0.05) is 36.4 Å². The maximum atomic E-state index is 13.3. The fourth-order valence-electron chi connectivity index (χ4n) is 4.72. The highest BCUT2D eigenvalue weighted by Gasteiger charge is 2.48. The fourth-order valence-corrected chi connectivity index (χ4v) is 4.72. The van der Waals surface area contributed by atoms with E-state index in [1.54, 1.807) is 42.5 Å². The van der Waals surface area contributed by atoms with Gasteiger partial charge in [-0.25, -0.2) is 0 Å². The molecule has 0 spiro atoms. The van der Waals surface area contributed by atoms with Crippen molar-refractivity contribution in [2.45, 2.75) is 57.7 Å². The minimum absolute atomic E-state index is 0.0725. The molecule has 3 N–H and O–H groups in total. The van der Waals surface area contributed by atoms with E-state index < -0.39 is 28.8 Å². The second-order valence-corrected chi connectivity index (χ2v) is 9.48. The lowest BCUT2D eigenvalue weighted by Crippen LogP contribution is -2.66. The molecule has 0 aromatic heterocycles. The molecule has 2 aromatic rings. The van der Waals surface area contributed by atoms with Gasteiger partial charge in [-0.2, -0.15) is 0 Å². The second kappa shape index (κ2) is 9.44. The quantitative estimate of drug-likeness (QED) is 0.493. The standard InChI is InChI=1S/C25H30N4O4/c1-24(2)15-19(16-25(3,4)29(24)23(33)18-13-9-6-10-14-18)26-21(31)22(32)28-27-20(30)17-11-7-5-8-12-17/h5-14,19H,15-16H2,1-4H3,(H,26,31)(H,27,30)(H,28,32). The van der Waals surface area contributed by atoms with Gasteiger partial charge in [0.15, 0.2) is 0 Å². The van der Waals surface area contributed by atoms with Gasteiger partial charge < -0.3 is 10.2 Å². The van der Waals surface area contributed by atoms with Crippen LogP contribution in [0.3, 0.4) is 0 Å². The maximum Gasteiger partial charge on any atom is 0.327 e. The third kappa shape index (κ3) is 5.58. The van der Waals surface area contributed by atoms with E-state index in [1.807, 2.05) is 50.8 Å². The Morgan fingerprint density at radius 2 is 1.21 bits per heavy atom. The van der Waals surface area contributed by atoms with Gasteiger partial charge in [-0.3, -0.25) is 30.0 Å². The molecule has 2 aromatic carbocycles. The zero-order chi connectivity index (χ0) is 24.2. The van der Waals surface area contributed by atoms with Crippen molar-refractivity contribution in [2.24, 2.45) is 0 Å². The van der Waals surface area contributed by atoms with Crippen molar-refractivity contribution >= 4 is 23.6 Å². The van der Waals surface area contributed by atoms with Crippen LogP contribution in [0.4, 0.5) is 0 Å². The van der Waals surface area contributed by atoms with E-state index in [4.69, 9.17) is 0 Å². The molecule has 1 saturated heterocycles. The van der Waals surface area contributed by atoms with Gasteiger partial charge in [-0.05, 0) is 64.8 Å². The second-order valence-electron chi connectivity index (χ2n) is 9.48.